The number of anilines is 1. The lowest BCUT2D eigenvalue weighted by Gasteiger charge is -2.32. The van der Waals surface area contributed by atoms with Crippen LogP contribution < -0.4 is 4.90 Å². The molecule has 0 aliphatic carbocycles. The molecule has 2 heterocycles. The Bertz CT molecular complexity index is 1140. The van der Waals surface area contributed by atoms with Gasteiger partial charge in [0, 0.05) is 10.6 Å². The van der Waals surface area contributed by atoms with Crippen LogP contribution in [0.3, 0.4) is 0 Å². The van der Waals surface area contributed by atoms with Gasteiger partial charge in [-0.2, -0.15) is 0 Å². The molecule has 1 unspecified atom stereocenters. The van der Waals surface area contributed by atoms with Crippen molar-refractivity contribution in [3.05, 3.63) is 74.9 Å². The van der Waals surface area contributed by atoms with E-state index in [1.165, 1.54) is 17.4 Å². The molecule has 2 aromatic carbocycles. The number of phenols is 2. The molecular formula is C21H14ClNO5S. The predicted molar refractivity (Wildman–Crippen MR) is 109 cm³/mol. The summed E-state index contributed by atoms with van der Waals surface area (Å²) in [6, 6.07) is 11.6. The number of carbonyl (C=O) groups excluding carboxylic acids is 3. The largest absolute Gasteiger partial charge is 0.504 e. The van der Waals surface area contributed by atoms with Crippen LogP contribution in [0.5, 0.6) is 11.5 Å². The second-order valence-electron chi connectivity index (χ2n) is 6.55. The third-order valence-corrected chi connectivity index (χ3v) is 5.85. The van der Waals surface area contributed by atoms with Crippen LogP contribution in [0.4, 0.5) is 5.69 Å². The SMILES string of the molecule is O=C(c1cccs1)C1Cc2cc(Cl)ccc2N(C(=O)c2ccc(O)c(O)c2)C1=O. The quantitative estimate of drug-likeness (QED) is 0.284. The molecule has 1 aliphatic heterocycles. The Labute approximate surface area is 174 Å². The number of benzene rings is 2. The van der Waals surface area contributed by atoms with Crippen LogP contribution in [0, 0.1) is 5.92 Å². The van der Waals surface area contributed by atoms with Gasteiger partial charge in [0.05, 0.1) is 10.6 Å². The van der Waals surface area contributed by atoms with Gasteiger partial charge in [0.1, 0.15) is 5.92 Å². The number of hydrogen-bond acceptors (Lipinski definition) is 6. The first kappa shape index (κ1) is 19.2. The molecule has 0 radical (unpaired) electrons. The van der Waals surface area contributed by atoms with Gasteiger partial charge in [0.25, 0.3) is 5.91 Å². The van der Waals surface area contributed by atoms with Crippen molar-refractivity contribution in [3.63, 3.8) is 0 Å². The minimum atomic E-state index is -1.06. The number of Topliss-reactive ketones (excluding diaryl/α,β-unsaturated/α-hetero) is 1. The lowest BCUT2D eigenvalue weighted by Crippen LogP contribution is -2.47. The second kappa shape index (κ2) is 7.35. The molecule has 4 rings (SSSR count). The molecule has 29 heavy (non-hydrogen) atoms. The molecule has 6 nitrogen and oxygen atoms in total. The summed E-state index contributed by atoms with van der Waals surface area (Å²) in [5.74, 6) is -3.64. The van der Waals surface area contributed by atoms with Crippen molar-refractivity contribution in [1.29, 1.82) is 0 Å². The number of thiophene rings is 1. The maximum Gasteiger partial charge on any atom is 0.265 e. The smallest absolute Gasteiger partial charge is 0.265 e. The van der Waals surface area contributed by atoms with E-state index in [0.717, 1.165) is 17.0 Å². The van der Waals surface area contributed by atoms with Crippen LogP contribution in [0.25, 0.3) is 0 Å². The van der Waals surface area contributed by atoms with E-state index in [-0.39, 0.29) is 23.5 Å². The highest BCUT2D eigenvalue weighted by molar-refractivity contribution is 7.12. The number of fused-ring (bicyclic) bond motifs is 1. The van der Waals surface area contributed by atoms with Gasteiger partial charge in [-0.05, 0) is 59.8 Å². The highest BCUT2D eigenvalue weighted by Crippen LogP contribution is 2.36. The summed E-state index contributed by atoms with van der Waals surface area (Å²) < 4.78 is 0. The van der Waals surface area contributed by atoms with E-state index >= 15 is 0 Å². The van der Waals surface area contributed by atoms with E-state index in [0.29, 0.717) is 21.2 Å². The van der Waals surface area contributed by atoms with E-state index in [1.54, 1.807) is 35.7 Å². The topological polar surface area (TPSA) is 94.9 Å². The Hall–Kier alpha value is -3.16. The summed E-state index contributed by atoms with van der Waals surface area (Å²) in [6.45, 7) is 0. The summed E-state index contributed by atoms with van der Waals surface area (Å²) in [7, 11) is 0. The van der Waals surface area contributed by atoms with Crippen LogP contribution in [0.2, 0.25) is 5.02 Å². The molecule has 8 heteroatoms. The highest BCUT2D eigenvalue weighted by Gasteiger charge is 2.41. The third-order valence-electron chi connectivity index (χ3n) is 4.73. The Kier molecular flexibility index (Phi) is 4.86. The van der Waals surface area contributed by atoms with Crippen LogP contribution in [0.15, 0.2) is 53.9 Å². The first-order chi connectivity index (χ1) is 13.9. The Balaban J connectivity index is 1.80. The Morgan fingerprint density at radius 3 is 2.55 bits per heavy atom. The molecule has 0 spiro atoms. The average Bonchev–Trinajstić information content (AvgIpc) is 3.23. The Morgan fingerprint density at radius 2 is 1.86 bits per heavy atom. The fraction of sp³-hybridized carbons (Fsp3) is 0.0952. The second-order valence-corrected chi connectivity index (χ2v) is 7.94. The summed E-state index contributed by atoms with van der Waals surface area (Å²) >= 11 is 7.32. The predicted octanol–water partition coefficient (Wildman–Crippen LogP) is 4.04. The van der Waals surface area contributed by atoms with Crippen LogP contribution in [0.1, 0.15) is 25.6 Å². The van der Waals surface area contributed by atoms with Gasteiger partial charge in [-0.3, -0.25) is 14.4 Å². The standard InChI is InChI=1S/C21H14ClNO5S/c22-13-4-5-15-12(8-13)9-14(19(26)18-2-1-7-29-18)21(28)23(15)20(27)11-3-6-16(24)17(25)10-11/h1-8,10,14,24-25H,9H2. The zero-order valence-corrected chi connectivity index (χ0v) is 16.4. The highest BCUT2D eigenvalue weighted by atomic mass is 35.5. The molecule has 1 aromatic heterocycles. The molecule has 0 saturated carbocycles. The van der Waals surface area contributed by atoms with E-state index in [1.807, 2.05) is 0 Å². The monoisotopic (exact) mass is 427 g/mol. The van der Waals surface area contributed by atoms with Crippen LogP contribution >= 0.6 is 22.9 Å². The number of carbonyl (C=O) groups is 3. The van der Waals surface area contributed by atoms with E-state index in [9.17, 15) is 24.6 Å². The first-order valence-electron chi connectivity index (χ1n) is 8.63. The normalized spacial score (nSPS) is 15.8. The van der Waals surface area contributed by atoms with Gasteiger partial charge in [-0.15, -0.1) is 11.3 Å². The zero-order valence-electron chi connectivity index (χ0n) is 14.8. The lowest BCUT2D eigenvalue weighted by atomic mass is 9.87. The van der Waals surface area contributed by atoms with Gasteiger partial charge in [0.15, 0.2) is 17.3 Å². The van der Waals surface area contributed by atoms with Crippen molar-refractivity contribution in [2.45, 2.75) is 6.42 Å². The van der Waals surface area contributed by atoms with Crippen LogP contribution in [-0.4, -0.2) is 27.8 Å². The molecule has 2 N–H and O–H groups in total. The molecule has 2 amide bonds. The number of hydrogen-bond donors (Lipinski definition) is 2. The molecular weight excluding hydrogens is 414 g/mol. The molecule has 1 aliphatic rings. The number of imide groups is 1. The van der Waals surface area contributed by atoms with E-state index in [4.69, 9.17) is 11.6 Å². The minimum Gasteiger partial charge on any atom is -0.504 e. The first-order valence-corrected chi connectivity index (χ1v) is 9.89. The molecule has 1 atom stereocenters. The number of amides is 2. The van der Waals surface area contributed by atoms with Gasteiger partial charge >= 0.3 is 0 Å². The maximum atomic E-state index is 13.2. The van der Waals surface area contributed by atoms with E-state index < -0.39 is 23.5 Å². The van der Waals surface area contributed by atoms with Gasteiger partial charge in [0.2, 0.25) is 5.91 Å². The van der Waals surface area contributed by atoms with Gasteiger partial charge in [-0.1, -0.05) is 17.7 Å². The average molecular weight is 428 g/mol. The number of rotatable bonds is 3. The van der Waals surface area contributed by atoms with E-state index in [2.05, 4.69) is 0 Å². The molecule has 146 valence electrons. The molecule has 0 saturated heterocycles. The summed E-state index contributed by atoms with van der Waals surface area (Å²) in [5, 5.41) is 21.4. The fourth-order valence-electron chi connectivity index (χ4n) is 3.31. The minimum absolute atomic E-state index is 0.00114. The van der Waals surface area contributed by atoms with Crippen molar-refractivity contribution >= 4 is 46.2 Å². The lowest BCUT2D eigenvalue weighted by molar-refractivity contribution is -0.120. The van der Waals surface area contributed by atoms with Crippen molar-refractivity contribution in [2.75, 3.05) is 4.90 Å². The van der Waals surface area contributed by atoms with Crippen molar-refractivity contribution < 1.29 is 24.6 Å². The molecule has 3 aromatic rings. The van der Waals surface area contributed by atoms with Gasteiger partial charge < -0.3 is 10.2 Å². The Morgan fingerprint density at radius 1 is 1.07 bits per heavy atom. The van der Waals surface area contributed by atoms with Gasteiger partial charge in [-0.25, -0.2) is 4.90 Å². The maximum absolute atomic E-state index is 13.2. The third kappa shape index (κ3) is 3.39. The number of ketones is 1. The van der Waals surface area contributed by atoms with Crippen LogP contribution in [-0.2, 0) is 11.2 Å². The fourth-order valence-corrected chi connectivity index (χ4v) is 4.22. The molecule has 0 fully saturated rings. The zero-order chi connectivity index (χ0) is 20.7. The summed E-state index contributed by atoms with van der Waals surface area (Å²) in [6.07, 6.45) is 0.135. The number of nitrogens with zero attached hydrogens (tertiary/aromatic N) is 1. The number of halogens is 1. The number of phenolic OH excluding ortho intramolecular Hbond substituents is 2. The molecule has 0 bridgehead atoms. The van der Waals surface area contributed by atoms with Crippen molar-refractivity contribution in [3.8, 4) is 11.5 Å². The summed E-state index contributed by atoms with van der Waals surface area (Å²) in [5.41, 5.74) is 0.939. The van der Waals surface area contributed by atoms with Crippen molar-refractivity contribution in [2.24, 2.45) is 5.92 Å². The summed E-state index contributed by atoms with van der Waals surface area (Å²) in [4.78, 5) is 40.7. The number of aromatic hydroxyl groups is 2. The van der Waals surface area contributed by atoms with Crippen molar-refractivity contribution in [1.82, 2.24) is 0 Å².